The third-order valence-electron chi connectivity index (χ3n) is 6.12. The van der Waals surface area contributed by atoms with E-state index >= 15 is 0 Å². The van der Waals surface area contributed by atoms with Crippen molar-refractivity contribution in [2.45, 2.75) is 78.4 Å². The number of carbonyl (C=O) groups is 1. The van der Waals surface area contributed by atoms with E-state index in [-0.39, 0.29) is 29.2 Å². The molecule has 3 aromatic rings. The number of hydrogen-bond donors (Lipinski definition) is 1. The van der Waals surface area contributed by atoms with Crippen molar-refractivity contribution in [3.8, 4) is 5.75 Å². The molecular weight excluding hydrogens is 450 g/mol. The highest BCUT2D eigenvalue weighted by molar-refractivity contribution is 5.78. The van der Waals surface area contributed by atoms with E-state index in [0.29, 0.717) is 13.1 Å². The summed E-state index contributed by atoms with van der Waals surface area (Å²) in [6.45, 7) is 15.3. The van der Waals surface area contributed by atoms with E-state index in [4.69, 9.17) is 4.74 Å². The Balaban J connectivity index is 2.23. The Morgan fingerprint density at radius 3 is 1.72 bits per heavy atom. The average molecular weight is 490 g/mol. The van der Waals surface area contributed by atoms with Gasteiger partial charge in [-0.05, 0) is 70.8 Å². The lowest BCUT2D eigenvalue weighted by Gasteiger charge is -2.33. The number of carbonyl (C=O) groups excluding carboxylic acids is 1. The number of esters is 1. The van der Waals surface area contributed by atoms with Gasteiger partial charge in [-0.1, -0.05) is 53.7 Å². The van der Waals surface area contributed by atoms with E-state index in [0.717, 1.165) is 28.1 Å². The van der Waals surface area contributed by atoms with Gasteiger partial charge in [0.05, 0.1) is 18.0 Å². The lowest BCUT2D eigenvalue weighted by atomic mass is 9.77. The van der Waals surface area contributed by atoms with Crippen molar-refractivity contribution in [2.75, 3.05) is 6.61 Å². The number of ether oxygens (including phenoxy) is 1. The number of phenolic OH excluding ortho intramolecular Hbond substituents is 1. The molecule has 2 aromatic heterocycles. The first kappa shape index (κ1) is 27.3. The SMILES string of the molecule is CCOC(=O)[C@@H](c1cc(C(C)(C)C)c(O)c(C(C)(C)C)c1)N(Cc1ccccn1)Cc1ccccn1. The Morgan fingerprint density at radius 2 is 1.36 bits per heavy atom. The molecule has 0 aliphatic rings. The number of nitrogens with zero attached hydrogens (tertiary/aromatic N) is 3. The van der Waals surface area contributed by atoms with Crippen LogP contribution >= 0.6 is 0 Å². The Labute approximate surface area is 215 Å². The summed E-state index contributed by atoms with van der Waals surface area (Å²) in [6.07, 6.45) is 3.51. The summed E-state index contributed by atoms with van der Waals surface area (Å²) in [7, 11) is 0. The summed E-state index contributed by atoms with van der Waals surface area (Å²) in [5.74, 6) is -0.0582. The molecule has 36 heavy (non-hydrogen) atoms. The highest BCUT2D eigenvalue weighted by atomic mass is 16.5. The number of benzene rings is 1. The van der Waals surface area contributed by atoms with Gasteiger partial charge in [0.15, 0.2) is 0 Å². The van der Waals surface area contributed by atoms with Crippen LogP contribution in [0.1, 0.15) is 82.6 Å². The van der Waals surface area contributed by atoms with E-state index in [1.807, 2.05) is 60.4 Å². The van der Waals surface area contributed by atoms with Crippen LogP contribution < -0.4 is 0 Å². The monoisotopic (exact) mass is 489 g/mol. The van der Waals surface area contributed by atoms with Crippen LogP contribution in [0, 0.1) is 0 Å². The molecule has 3 rings (SSSR count). The molecule has 0 bridgehead atoms. The molecule has 0 unspecified atom stereocenters. The number of phenols is 1. The molecule has 0 aliphatic heterocycles. The highest BCUT2D eigenvalue weighted by Gasteiger charge is 2.34. The normalized spacial score (nSPS) is 13.0. The molecule has 0 saturated carbocycles. The van der Waals surface area contributed by atoms with E-state index < -0.39 is 6.04 Å². The summed E-state index contributed by atoms with van der Waals surface area (Å²) >= 11 is 0. The first-order chi connectivity index (χ1) is 16.9. The number of aromatic hydroxyl groups is 1. The molecular formula is C30H39N3O3. The maximum atomic E-state index is 13.6. The van der Waals surface area contributed by atoms with Crippen LogP contribution in [0.15, 0.2) is 60.9 Å². The largest absolute Gasteiger partial charge is 0.507 e. The van der Waals surface area contributed by atoms with Crippen LogP contribution in [0.2, 0.25) is 0 Å². The van der Waals surface area contributed by atoms with E-state index in [1.165, 1.54) is 0 Å². The fourth-order valence-electron chi connectivity index (χ4n) is 4.31. The number of hydrogen-bond acceptors (Lipinski definition) is 6. The van der Waals surface area contributed by atoms with Crippen LogP contribution in [-0.4, -0.2) is 32.6 Å². The quantitative estimate of drug-likeness (QED) is 0.386. The molecule has 1 aromatic carbocycles. The minimum absolute atomic E-state index is 0.271. The van der Waals surface area contributed by atoms with Crippen LogP contribution in [0.3, 0.4) is 0 Å². The standard InChI is InChI=1S/C30H39N3O3/c1-8-36-28(35)26(21-17-24(29(2,3)4)27(34)25(18-21)30(5,6)7)33(19-22-13-9-11-15-31-22)20-23-14-10-12-16-32-23/h9-18,26,34H,8,19-20H2,1-7H3/t26-/m1/s1. The summed E-state index contributed by atoms with van der Waals surface area (Å²) < 4.78 is 5.61. The zero-order chi connectivity index (χ0) is 26.5. The number of pyridine rings is 2. The maximum absolute atomic E-state index is 13.6. The second-order valence-corrected chi connectivity index (χ2v) is 11.2. The van der Waals surface area contributed by atoms with Gasteiger partial charge in [-0.2, -0.15) is 0 Å². The molecule has 0 spiro atoms. The molecule has 0 amide bonds. The van der Waals surface area contributed by atoms with Crippen molar-refractivity contribution in [3.63, 3.8) is 0 Å². The van der Waals surface area contributed by atoms with Crippen molar-refractivity contribution in [1.29, 1.82) is 0 Å². The minimum atomic E-state index is -0.711. The van der Waals surface area contributed by atoms with Gasteiger partial charge in [-0.3, -0.25) is 14.9 Å². The van der Waals surface area contributed by atoms with Gasteiger partial charge < -0.3 is 9.84 Å². The first-order valence-electron chi connectivity index (χ1n) is 12.5. The average Bonchev–Trinajstić information content (AvgIpc) is 2.80. The zero-order valence-corrected chi connectivity index (χ0v) is 22.6. The first-order valence-corrected chi connectivity index (χ1v) is 12.5. The summed E-state index contributed by atoms with van der Waals surface area (Å²) in [4.78, 5) is 24.7. The van der Waals surface area contributed by atoms with Crippen molar-refractivity contribution < 1.29 is 14.6 Å². The molecule has 0 aliphatic carbocycles. The minimum Gasteiger partial charge on any atom is -0.507 e. The molecule has 1 N–H and O–H groups in total. The third kappa shape index (κ3) is 6.70. The molecule has 0 fully saturated rings. The summed E-state index contributed by atoms with van der Waals surface area (Å²) in [5.41, 5.74) is 3.41. The van der Waals surface area contributed by atoms with Gasteiger partial charge in [-0.25, -0.2) is 4.79 Å². The Morgan fingerprint density at radius 1 is 0.889 bits per heavy atom. The van der Waals surface area contributed by atoms with Gasteiger partial charge >= 0.3 is 5.97 Å². The Bertz CT molecular complexity index is 1070. The maximum Gasteiger partial charge on any atom is 0.328 e. The second kappa shape index (κ2) is 11.2. The second-order valence-electron chi connectivity index (χ2n) is 11.2. The molecule has 192 valence electrons. The molecule has 6 nitrogen and oxygen atoms in total. The van der Waals surface area contributed by atoms with Crippen LogP contribution in [-0.2, 0) is 33.5 Å². The third-order valence-corrected chi connectivity index (χ3v) is 6.12. The lowest BCUT2D eigenvalue weighted by molar-refractivity contribution is -0.150. The molecule has 1 atom stereocenters. The Hall–Kier alpha value is -3.25. The molecule has 6 heteroatoms. The van der Waals surface area contributed by atoms with Crippen molar-refractivity contribution >= 4 is 5.97 Å². The fraction of sp³-hybridized carbons (Fsp3) is 0.433. The summed E-state index contributed by atoms with van der Waals surface area (Å²) in [6, 6.07) is 14.7. The smallest absolute Gasteiger partial charge is 0.328 e. The van der Waals surface area contributed by atoms with E-state index in [1.54, 1.807) is 12.4 Å². The van der Waals surface area contributed by atoms with Gasteiger partial charge in [-0.15, -0.1) is 0 Å². The number of aromatic nitrogens is 2. The molecule has 0 radical (unpaired) electrons. The molecule has 2 heterocycles. The number of rotatable bonds is 8. The van der Waals surface area contributed by atoms with Gasteiger partial charge in [0, 0.05) is 25.5 Å². The van der Waals surface area contributed by atoms with Crippen LogP contribution in [0.5, 0.6) is 5.75 Å². The lowest BCUT2D eigenvalue weighted by Crippen LogP contribution is -2.35. The fourth-order valence-corrected chi connectivity index (χ4v) is 4.31. The topological polar surface area (TPSA) is 75.6 Å². The zero-order valence-electron chi connectivity index (χ0n) is 22.6. The Kier molecular flexibility index (Phi) is 8.51. The van der Waals surface area contributed by atoms with Crippen molar-refractivity contribution in [1.82, 2.24) is 14.9 Å². The van der Waals surface area contributed by atoms with Gasteiger partial charge in [0.1, 0.15) is 11.8 Å². The van der Waals surface area contributed by atoms with E-state index in [9.17, 15) is 9.90 Å². The van der Waals surface area contributed by atoms with E-state index in [2.05, 4.69) is 51.5 Å². The van der Waals surface area contributed by atoms with Gasteiger partial charge in [0.25, 0.3) is 0 Å². The van der Waals surface area contributed by atoms with Crippen molar-refractivity contribution in [2.24, 2.45) is 0 Å². The highest BCUT2D eigenvalue weighted by Crippen LogP contribution is 2.42. The predicted molar refractivity (Wildman–Crippen MR) is 143 cm³/mol. The van der Waals surface area contributed by atoms with Crippen LogP contribution in [0.4, 0.5) is 0 Å². The summed E-state index contributed by atoms with van der Waals surface area (Å²) in [5, 5.41) is 11.3. The molecule has 0 saturated heterocycles. The van der Waals surface area contributed by atoms with Crippen molar-refractivity contribution in [3.05, 3.63) is 89.0 Å². The van der Waals surface area contributed by atoms with Gasteiger partial charge in [0.2, 0.25) is 0 Å². The predicted octanol–water partition coefficient (Wildman–Crippen LogP) is 6.08. The van der Waals surface area contributed by atoms with Crippen LogP contribution in [0.25, 0.3) is 0 Å².